The average Bonchev–Trinajstić information content (AvgIpc) is 2.93. The van der Waals surface area contributed by atoms with Crippen LogP contribution >= 0.6 is 0 Å². The van der Waals surface area contributed by atoms with Crippen molar-refractivity contribution in [2.45, 2.75) is 32.8 Å². The van der Waals surface area contributed by atoms with E-state index in [-0.39, 0.29) is 22.2 Å². The molecule has 2 N–H and O–H groups in total. The zero-order chi connectivity index (χ0) is 20.2. The van der Waals surface area contributed by atoms with Crippen LogP contribution in [0.5, 0.6) is 5.75 Å². The summed E-state index contributed by atoms with van der Waals surface area (Å²) in [6.07, 6.45) is -0.143. The van der Waals surface area contributed by atoms with Crippen molar-refractivity contribution in [3.05, 3.63) is 47.5 Å². The van der Waals surface area contributed by atoms with Crippen molar-refractivity contribution in [2.24, 2.45) is 5.41 Å². The Hall–Kier alpha value is -2.51. The Morgan fingerprint density at radius 2 is 1.68 bits per heavy atom. The van der Waals surface area contributed by atoms with E-state index in [1.54, 1.807) is 35.3 Å². The number of hydrogen-bond donors (Lipinski definition) is 2. The lowest BCUT2D eigenvalue weighted by atomic mass is 9.83. The lowest BCUT2D eigenvalue weighted by molar-refractivity contribution is -0.129. The molecule has 28 heavy (non-hydrogen) atoms. The fraction of sp³-hybridized carbons (Fsp3) is 0.381. The normalized spacial score (nSPS) is 21.8. The van der Waals surface area contributed by atoms with E-state index in [9.17, 15) is 23.8 Å². The van der Waals surface area contributed by atoms with E-state index >= 15 is 0 Å². The van der Waals surface area contributed by atoms with Crippen LogP contribution in [0.15, 0.2) is 30.3 Å². The number of piperidine rings is 1. The van der Waals surface area contributed by atoms with Gasteiger partial charge in [-0.2, -0.15) is 0 Å². The Labute approximate surface area is 161 Å². The summed E-state index contributed by atoms with van der Waals surface area (Å²) in [5, 5.41) is 23.4. The number of benzene rings is 2. The SMILES string of the molecule is CC1(C)CCN(N2C(=O)C(O)c3c(-c4ccccc4)c(F)c(O)c(F)c32)CC1. The Kier molecular flexibility index (Phi) is 4.39. The molecule has 0 aromatic heterocycles. The Morgan fingerprint density at radius 3 is 2.29 bits per heavy atom. The number of hydrogen-bond acceptors (Lipinski definition) is 4. The number of halogens is 2. The molecule has 1 atom stereocenters. The molecule has 0 aliphatic carbocycles. The zero-order valence-electron chi connectivity index (χ0n) is 15.7. The smallest absolute Gasteiger partial charge is 0.275 e. The highest BCUT2D eigenvalue weighted by atomic mass is 19.1. The predicted molar refractivity (Wildman–Crippen MR) is 100 cm³/mol. The number of carbonyl (C=O) groups is 1. The lowest BCUT2D eigenvalue weighted by Gasteiger charge is -2.41. The van der Waals surface area contributed by atoms with Crippen LogP contribution < -0.4 is 5.01 Å². The molecule has 2 aliphatic rings. The summed E-state index contributed by atoms with van der Waals surface area (Å²) < 4.78 is 29.8. The van der Waals surface area contributed by atoms with Gasteiger partial charge in [0.25, 0.3) is 5.91 Å². The topological polar surface area (TPSA) is 64.0 Å². The van der Waals surface area contributed by atoms with Crippen LogP contribution in [0.2, 0.25) is 0 Å². The minimum absolute atomic E-state index is 0.0966. The maximum Gasteiger partial charge on any atom is 0.275 e. The minimum atomic E-state index is -1.70. The number of aromatic hydroxyl groups is 1. The van der Waals surface area contributed by atoms with Crippen molar-refractivity contribution >= 4 is 11.6 Å². The Balaban J connectivity index is 1.89. The summed E-state index contributed by atoms with van der Waals surface area (Å²) in [4.78, 5) is 12.8. The van der Waals surface area contributed by atoms with Crippen molar-refractivity contribution in [1.82, 2.24) is 5.01 Å². The van der Waals surface area contributed by atoms with E-state index in [2.05, 4.69) is 13.8 Å². The van der Waals surface area contributed by atoms with E-state index < -0.39 is 29.4 Å². The van der Waals surface area contributed by atoms with E-state index in [1.165, 1.54) is 0 Å². The number of nitrogens with zero attached hydrogens (tertiary/aromatic N) is 2. The number of fused-ring (bicyclic) bond motifs is 1. The van der Waals surface area contributed by atoms with Crippen molar-refractivity contribution in [3.63, 3.8) is 0 Å². The third-order valence-electron chi connectivity index (χ3n) is 5.73. The van der Waals surface area contributed by atoms with Gasteiger partial charge < -0.3 is 10.2 Å². The molecule has 4 rings (SSSR count). The minimum Gasteiger partial charge on any atom is -0.503 e. The number of anilines is 1. The van der Waals surface area contributed by atoms with Gasteiger partial charge in [0.1, 0.15) is 5.69 Å². The predicted octanol–water partition coefficient (Wildman–Crippen LogP) is 3.75. The summed E-state index contributed by atoms with van der Waals surface area (Å²) in [5.74, 6) is -4.31. The number of aliphatic hydroxyl groups is 1. The molecule has 2 aromatic rings. The van der Waals surface area contributed by atoms with Gasteiger partial charge in [0.2, 0.25) is 0 Å². The number of rotatable bonds is 2. The summed E-state index contributed by atoms with van der Waals surface area (Å²) in [6, 6.07) is 8.22. The average molecular weight is 388 g/mol. The molecule has 5 nitrogen and oxygen atoms in total. The van der Waals surface area contributed by atoms with Gasteiger partial charge in [0, 0.05) is 24.2 Å². The van der Waals surface area contributed by atoms with Gasteiger partial charge in [-0.05, 0) is 23.8 Å². The first kappa shape index (κ1) is 18.8. The third-order valence-corrected chi connectivity index (χ3v) is 5.73. The van der Waals surface area contributed by atoms with E-state index in [4.69, 9.17) is 0 Å². The first-order valence-electron chi connectivity index (χ1n) is 9.29. The van der Waals surface area contributed by atoms with Crippen molar-refractivity contribution in [3.8, 4) is 16.9 Å². The first-order valence-corrected chi connectivity index (χ1v) is 9.29. The second-order valence-corrected chi connectivity index (χ2v) is 8.15. The van der Waals surface area contributed by atoms with Crippen molar-refractivity contribution in [2.75, 3.05) is 18.1 Å². The molecule has 2 aliphatic heterocycles. The summed E-state index contributed by atoms with van der Waals surface area (Å²) in [7, 11) is 0. The fourth-order valence-electron chi connectivity index (χ4n) is 3.97. The van der Waals surface area contributed by atoms with E-state index in [0.29, 0.717) is 18.7 Å². The number of amides is 1. The highest BCUT2D eigenvalue weighted by Crippen LogP contribution is 2.49. The molecule has 1 unspecified atom stereocenters. The maximum atomic E-state index is 14.9. The second-order valence-electron chi connectivity index (χ2n) is 8.15. The number of carbonyl (C=O) groups excluding carboxylic acids is 1. The number of hydrazine groups is 1. The molecule has 0 bridgehead atoms. The molecule has 1 saturated heterocycles. The largest absolute Gasteiger partial charge is 0.503 e. The molecule has 0 spiro atoms. The van der Waals surface area contributed by atoms with Crippen molar-refractivity contribution in [1.29, 1.82) is 0 Å². The van der Waals surface area contributed by atoms with Crippen LogP contribution in [0.1, 0.15) is 38.4 Å². The van der Waals surface area contributed by atoms with Gasteiger partial charge in [-0.1, -0.05) is 44.2 Å². The lowest BCUT2D eigenvalue weighted by Crippen LogP contribution is -2.50. The van der Waals surface area contributed by atoms with Crippen LogP contribution in [0.3, 0.4) is 0 Å². The van der Waals surface area contributed by atoms with E-state index in [1.807, 2.05) is 0 Å². The molecule has 2 aromatic carbocycles. The fourth-order valence-corrected chi connectivity index (χ4v) is 3.97. The van der Waals surface area contributed by atoms with Gasteiger partial charge in [0.15, 0.2) is 23.5 Å². The van der Waals surface area contributed by atoms with Gasteiger partial charge in [-0.15, -0.1) is 0 Å². The summed E-state index contributed by atoms with van der Waals surface area (Å²) >= 11 is 0. The summed E-state index contributed by atoms with van der Waals surface area (Å²) in [5.41, 5.74) is -0.127. The van der Waals surface area contributed by atoms with Crippen LogP contribution in [0, 0.1) is 17.0 Å². The van der Waals surface area contributed by atoms with Crippen LogP contribution in [-0.2, 0) is 4.79 Å². The molecular weight excluding hydrogens is 366 g/mol. The number of phenols is 1. The highest BCUT2D eigenvalue weighted by Gasteiger charge is 2.46. The molecule has 1 amide bonds. The maximum absolute atomic E-state index is 14.9. The molecule has 7 heteroatoms. The van der Waals surface area contributed by atoms with Gasteiger partial charge in [-0.25, -0.2) is 18.8 Å². The highest BCUT2D eigenvalue weighted by molar-refractivity contribution is 6.06. The van der Waals surface area contributed by atoms with Crippen LogP contribution in [-0.4, -0.2) is 34.2 Å². The molecule has 2 heterocycles. The molecule has 0 saturated carbocycles. The molecule has 148 valence electrons. The first-order chi connectivity index (χ1) is 13.2. The molecule has 0 radical (unpaired) electrons. The van der Waals surface area contributed by atoms with Crippen LogP contribution in [0.25, 0.3) is 11.1 Å². The Morgan fingerprint density at radius 1 is 1.07 bits per heavy atom. The standard InChI is InChI=1S/C21H22F2N2O3/c1-21(2)8-10-24(11-9-21)25-17-14(18(26)20(25)28)13(12-6-4-3-5-7-12)15(22)19(27)16(17)23/h3-7,18,26-27H,8-11H2,1-2H3. The third kappa shape index (κ3) is 2.77. The van der Waals surface area contributed by atoms with Gasteiger partial charge >= 0.3 is 0 Å². The van der Waals surface area contributed by atoms with Crippen LogP contribution in [0.4, 0.5) is 14.5 Å². The quantitative estimate of drug-likeness (QED) is 0.822. The molecule has 1 fully saturated rings. The number of aliphatic hydroxyl groups excluding tert-OH is 1. The zero-order valence-corrected chi connectivity index (χ0v) is 15.7. The number of phenolic OH excluding ortho intramolecular Hbond substituents is 1. The van der Waals surface area contributed by atoms with Gasteiger partial charge in [0.05, 0.1) is 0 Å². The van der Waals surface area contributed by atoms with Gasteiger partial charge in [-0.3, -0.25) is 4.79 Å². The second kappa shape index (κ2) is 6.53. The monoisotopic (exact) mass is 388 g/mol. The van der Waals surface area contributed by atoms with Crippen molar-refractivity contribution < 1.29 is 23.8 Å². The Bertz CT molecular complexity index is 937. The van der Waals surface area contributed by atoms with E-state index in [0.717, 1.165) is 17.9 Å². The summed E-state index contributed by atoms with van der Waals surface area (Å²) in [6.45, 7) is 5.22. The molecular formula is C21H22F2N2O3.